The molecule has 1 aromatic heterocycles. The maximum atomic E-state index is 12.3. The van der Waals surface area contributed by atoms with Gasteiger partial charge in [-0.05, 0) is 47.6 Å². The molecule has 1 atom stereocenters. The Morgan fingerprint density at radius 2 is 1.83 bits per heavy atom. The highest BCUT2D eigenvalue weighted by Gasteiger charge is 2.12. The lowest BCUT2D eigenvalue weighted by atomic mass is 9.99. The molecule has 4 heteroatoms. The van der Waals surface area contributed by atoms with E-state index in [1.165, 1.54) is 5.56 Å². The van der Waals surface area contributed by atoms with Gasteiger partial charge in [0.1, 0.15) is 0 Å². The standard InChI is InChI=1S/C20H19NO3/c1-3-13(2)14-8-10-16(11-9-14)21-19(22)18-12-15-6-4-5-7-17(15)20(23)24-18/h4-13H,3H2,1-2H3,(H,21,22). The van der Waals surface area contributed by atoms with Crippen molar-refractivity contribution in [1.29, 1.82) is 0 Å². The monoisotopic (exact) mass is 321 g/mol. The number of carbonyl (C=O) groups excluding carboxylic acids is 1. The van der Waals surface area contributed by atoms with Crippen molar-refractivity contribution in [1.82, 2.24) is 0 Å². The van der Waals surface area contributed by atoms with Gasteiger partial charge in [0.25, 0.3) is 5.91 Å². The van der Waals surface area contributed by atoms with Crippen LogP contribution in [0.2, 0.25) is 0 Å². The van der Waals surface area contributed by atoms with E-state index in [1.54, 1.807) is 24.3 Å². The minimum Gasteiger partial charge on any atom is -0.417 e. The van der Waals surface area contributed by atoms with Gasteiger partial charge in [-0.3, -0.25) is 4.79 Å². The van der Waals surface area contributed by atoms with Gasteiger partial charge in [0.15, 0.2) is 5.76 Å². The SMILES string of the molecule is CCC(C)c1ccc(NC(=O)c2cc3ccccc3c(=O)o2)cc1. The van der Waals surface area contributed by atoms with Crippen LogP contribution in [0.25, 0.3) is 10.8 Å². The second-order valence-electron chi connectivity index (χ2n) is 5.87. The summed E-state index contributed by atoms with van der Waals surface area (Å²) >= 11 is 0. The van der Waals surface area contributed by atoms with Crippen LogP contribution < -0.4 is 10.9 Å². The third kappa shape index (κ3) is 3.23. The lowest BCUT2D eigenvalue weighted by Crippen LogP contribution is -2.15. The second-order valence-corrected chi connectivity index (χ2v) is 5.87. The molecule has 1 amide bonds. The molecule has 24 heavy (non-hydrogen) atoms. The van der Waals surface area contributed by atoms with Crippen LogP contribution in [-0.4, -0.2) is 5.91 Å². The van der Waals surface area contributed by atoms with Crippen LogP contribution in [0.5, 0.6) is 0 Å². The van der Waals surface area contributed by atoms with E-state index in [4.69, 9.17) is 4.42 Å². The van der Waals surface area contributed by atoms with Gasteiger partial charge in [-0.2, -0.15) is 0 Å². The van der Waals surface area contributed by atoms with E-state index < -0.39 is 11.5 Å². The Balaban J connectivity index is 1.83. The first-order chi connectivity index (χ1) is 11.6. The third-order valence-electron chi connectivity index (χ3n) is 4.24. The molecule has 2 aromatic carbocycles. The number of carbonyl (C=O) groups is 1. The molecular weight excluding hydrogens is 302 g/mol. The first-order valence-corrected chi connectivity index (χ1v) is 8.02. The third-order valence-corrected chi connectivity index (χ3v) is 4.24. The average Bonchev–Trinajstić information content (AvgIpc) is 2.61. The molecule has 1 N–H and O–H groups in total. The van der Waals surface area contributed by atoms with Crippen LogP contribution in [0.4, 0.5) is 5.69 Å². The van der Waals surface area contributed by atoms with Gasteiger partial charge in [-0.25, -0.2) is 4.79 Å². The Morgan fingerprint density at radius 1 is 1.12 bits per heavy atom. The van der Waals surface area contributed by atoms with Crippen molar-refractivity contribution >= 4 is 22.4 Å². The number of rotatable bonds is 4. The highest BCUT2D eigenvalue weighted by Crippen LogP contribution is 2.21. The van der Waals surface area contributed by atoms with Gasteiger partial charge in [-0.15, -0.1) is 0 Å². The maximum absolute atomic E-state index is 12.3. The van der Waals surface area contributed by atoms with Crippen molar-refractivity contribution < 1.29 is 9.21 Å². The molecule has 0 saturated heterocycles. The van der Waals surface area contributed by atoms with Gasteiger partial charge in [0, 0.05) is 5.69 Å². The molecule has 4 nitrogen and oxygen atoms in total. The molecule has 0 fully saturated rings. The van der Waals surface area contributed by atoms with Crippen molar-refractivity contribution in [2.45, 2.75) is 26.2 Å². The smallest absolute Gasteiger partial charge is 0.344 e. The predicted octanol–water partition coefficient (Wildman–Crippen LogP) is 4.56. The number of anilines is 1. The van der Waals surface area contributed by atoms with Crippen LogP contribution in [-0.2, 0) is 0 Å². The van der Waals surface area contributed by atoms with Gasteiger partial charge >= 0.3 is 5.63 Å². The molecule has 1 unspecified atom stereocenters. The van der Waals surface area contributed by atoms with Gasteiger partial charge in [0.2, 0.25) is 0 Å². The summed E-state index contributed by atoms with van der Waals surface area (Å²) in [6, 6.07) is 16.3. The summed E-state index contributed by atoms with van der Waals surface area (Å²) in [7, 11) is 0. The average molecular weight is 321 g/mol. The summed E-state index contributed by atoms with van der Waals surface area (Å²) < 4.78 is 5.14. The molecule has 3 rings (SSSR count). The summed E-state index contributed by atoms with van der Waals surface area (Å²) in [5.74, 6) is 0.0482. The number of nitrogens with one attached hydrogen (secondary N) is 1. The number of hydrogen-bond acceptors (Lipinski definition) is 3. The Kier molecular flexibility index (Phi) is 4.47. The molecule has 0 saturated carbocycles. The molecule has 0 aliphatic carbocycles. The van der Waals surface area contributed by atoms with Crippen molar-refractivity contribution in [2.24, 2.45) is 0 Å². The van der Waals surface area contributed by atoms with Crippen molar-refractivity contribution in [3.05, 3.63) is 76.3 Å². The zero-order valence-electron chi connectivity index (χ0n) is 13.7. The largest absolute Gasteiger partial charge is 0.417 e. The molecule has 1 heterocycles. The van der Waals surface area contributed by atoms with Gasteiger partial charge in [-0.1, -0.05) is 44.2 Å². The Hall–Kier alpha value is -2.88. The molecule has 0 spiro atoms. The lowest BCUT2D eigenvalue weighted by Gasteiger charge is -2.10. The molecule has 0 radical (unpaired) electrons. The van der Waals surface area contributed by atoms with Gasteiger partial charge < -0.3 is 9.73 Å². The highest BCUT2D eigenvalue weighted by atomic mass is 16.4. The van der Waals surface area contributed by atoms with Crippen LogP contribution >= 0.6 is 0 Å². The van der Waals surface area contributed by atoms with Crippen LogP contribution in [0, 0.1) is 0 Å². The zero-order valence-corrected chi connectivity index (χ0v) is 13.7. The van der Waals surface area contributed by atoms with E-state index in [0.717, 1.165) is 6.42 Å². The normalized spacial score (nSPS) is 12.1. The fourth-order valence-corrected chi connectivity index (χ4v) is 2.57. The first kappa shape index (κ1) is 16.0. The number of benzene rings is 2. The molecular formula is C20H19NO3. The Labute approximate surface area is 140 Å². The fraction of sp³-hybridized carbons (Fsp3) is 0.200. The molecule has 0 aliphatic rings. The molecule has 0 bridgehead atoms. The summed E-state index contributed by atoms with van der Waals surface area (Å²) in [4.78, 5) is 24.3. The summed E-state index contributed by atoms with van der Waals surface area (Å²) in [5.41, 5.74) is 1.39. The Bertz CT molecular complexity index is 926. The van der Waals surface area contributed by atoms with Crippen molar-refractivity contribution in [2.75, 3.05) is 5.32 Å². The van der Waals surface area contributed by atoms with Crippen LogP contribution in [0.15, 0.2) is 63.8 Å². The zero-order chi connectivity index (χ0) is 17.1. The summed E-state index contributed by atoms with van der Waals surface area (Å²) in [6.07, 6.45) is 1.06. The highest BCUT2D eigenvalue weighted by molar-refractivity contribution is 6.03. The van der Waals surface area contributed by atoms with Gasteiger partial charge in [0.05, 0.1) is 5.39 Å². The topological polar surface area (TPSA) is 59.3 Å². The quantitative estimate of drug-likeness (QED) is 0.766. The fourth-order valence-electron chi connectivity index (χ4n) is 2.57. The molecule has 122 valence electrons. The minimum atomic E-state index is -0.509. The van der Waals surface area contributed by atoms with E-state index >= 15 is 0 Å². The second kappa shape index (κ2) is 6.71. The van der Waals surface area contributed by atoms with Crippen LogP contribution in [0.1, 0.15) is 42.3 Å². The molecule has 0 aliphatic heterocycles. The predicted molar refractivity (Wildman–Crippen MR) is 95.6 cm³/mol. The van der Waals surface area contributed by atoms with Crippen molar-refractivity contribution in [3.63, 3.8) is 0 Å². The molecule has 3 aromatic rings. The summed E-state index contributed by atoms with van der Waals surface area (Å²) in [6.45, 7) is 4.30. The number of fused-ring (bicyclic) bond motifs is 1. The summed E-state index contributed by atoms with van der Waals surface area (Å²) in [5, 5.41) is 3.91. The van der Waals surface area contributed by atoms with E-state index in [0.29, 0.717) is 22.4 Å². The van der Waals surface area contributed by atoms with E-state index in [1.807, 2.05) is 30.3 Å². The van der Waals surface area contributed by atoms with E-state index in [2.05, 4.69) is 19.2 Å². The first-order valence-electron chi connectivity index (χ1n) is 8.02. The van der Waals surface area contributed by atoms with E-state index in [9.17, 15) is 9.59 Å². The lowest BCUT2D eigenvalue weighted by molar-refractivity contribution is 0.0993. The van der Waals surface area contributed by atoms with Crippen LogP contribution in [0.3, 0.4) is 0 Å². The maximum Gasteiger partial charge on any atom is 0.344 e. The minimum absolute atomic E-state index is 0.00435. The number of hydrogen-bond donors (Lipinski definition) is 1. The van der Waals surface area contributed by atoms with E-state index in [-0.39, 0.29) is 5.76 Å². The number of amides is 1. The van der Waals surface area contributed by atoms with Crippen molar-refractivity contribution in [3.8, 4) is 0 Å². The Morgan fingerprint density at radius 3 is 2.54 bits per heavy atom.